The molecule has 0 N–H and O–H groups in total. The number of carbonyl (C=O) groups excluding carboxylic acids is 1. The lowest BCUT2D eigenvalue weighted by molar-refractivity contribution is -0.120. The topological polar surface area (TPSA) is 81.3 Å². The predicted molar refractivity (Wildman–Crippen MR) is 103 cm³/mol. The van der Waals surface area contributed by atoms with Gasteiger partial charge >= 0.3 is 0 Å². The predicted octanol–water partition coefficient (Wildman–Crippen LogP) is 3.39. The van der Waals surface area contributed by atoms with Crippen LogP contribution in [0.1, 0.15) is 5.56 Å². The zero-order valence-corrected chi connectivity index (χ0v) is 15.2. The van der Waals surface area contributed by atoms with Crippen LogP contribution < -0.4 is 9.64 Å². The fourth-order valence-corrected chi connectivity index (χ4v) is 3.48. The Kier molecular flexibility index (Phi) is 4.16. The fourth-order valence-electron chi connectivity index (χ4n) is 3.48. The lowest BCUT2D eigenvalue weighted by atomic mass is 10.1. The molecule has 4 aromatic rings. The SMILES string of the molecule is O=C(COc1ncnc2onc(-c3ccc(F)cc3)c12)N1CCc2ccccc21. The van der Waals surface area contributed by atoms with E-state index in [9.17, 15) is 9.18 Å². The van der Waals surface area contributed by atoms with Crippen LogP contribution in [0.15, 0.2) is 59.4 Å². The van der Waals surface area contributed by atoms with Gasteiger partial charge < -0.3 is 14.2 Å². The number of benzene rings is 2. The van der Waals surface area contributed by atoms with E-state index in [-0.39, 0.29) is 29.9 Å². The van der Waals surface area contributed by atoms with E-state index in [1.807, 2.05) is 24.3 Å². The average molecular weight is 390 g/mol. The van der Waals surface area contributed by atoms with Crippen molar-refractivity contribution < 1.29 is 18.4 Å². The van der Waals surface area contributed by atoms with Gasteiger partial charge in [-0.15, -0.1) is 0 Å². The highest BCUT2D eigenvalue weighted by Crippen LogP contribution is 2.33. The monoisotopic (exact) mass is 390 g/mol. The minimum absolute atomic E-state index is 0.165. The van der Waals surface area contributed by atoms with Gasteiger partial charge in [-0.05, 0) is 42.3 Å². The molecule has 1 aliphatic heterocycles. The van der Waals surface area contributed by atoms with Crippen LogP contribution in [0, 0.1) is 5.82 Å². The third-order valence-corrected chi connectivity index (χ3v) is 4.88. The van der Waals surface area contributed by atoms with Gasteiger partial charge in [0.2, 0.25) is 5.88 Å². The number of ether oxygens (including phenoxy) is 1. The van der Waals surface area contributed by atoms with Crippen molar-refractivity contribution in [2.24, 2.45) is 0 Å². The molecule has 7 nitrogen and oxygen atoms in total. The number of carbonyl (C=O) groups is 1. The number of amides is 1. The molecule has 2 aromatic carbocycles. The zero-order valence-electron chi connectivity index (χ0n) is 15.2. The summed E-state index contributed by atoms with van der Waals surface area (Å²) in [5.74, 6) is -0.330. The molecule has 2 aromatic heterocycles. The molecule has 3 heterocycles. The van der Waals surface area contributed by atoms with Gasteiger partial charge in [-0.25, -0.2) is 9.37 Å². The second-order valence-electron chi connectivity index (χ2n) is 6.61. The normalized spacial score (nSPS) is 12.9. The van der Waals surface area contributed by atoms with Crippen molar-refractivity contribution in [1.82, 2.24) is 15.1 Å². The minimum atomic E-state index is -0.356. The van der Waals surface area contributed by atoms with Crippen LogP contribution in [0.2, 0.25) is 0 Å². The highest BCUT2D eigenvalue weighted by atomic mass is 19.1. The van der Waals surface area contributed by atoms with Crippen molar-refractivity contribution in [2.45, 2.75) is 6.42 Å². The molecule has 1 aliphatic rings. The lowest BCUT2D eigenvalue weighted by Crippen LogP contribution is -2.33. The summed E-state index contributed by atoms with van der Waals surface area (Å²) < 4.78 is 24.2. The number of rotatable bonds is 4. The van der Waals surface area contributed by atoms with E-state index in [0.717, 1.165) is 17.7 Å². The Morgan fingerprint density at radius 2 is 1.97 bits per heavy atom. The molecule has 0 aliphatic carbocycles. The number of anilines is 1. The van der Waals surface area contributed by atoms with Crippen LogP contribution in [0.25, 0.3) is 22.4 Å². The van der Waals surface area contributed by atoms with Gasteiger partial charge in [-0.2, -0.15) is 4.98 Å². The van der Waals surface area contributed by atoms with E-state index in [1.165, 1.54) is 18.5 Å². The zero-order chi connectivity index (χ0) is 19.8. The largest absolute Gasteiger partial charge is 0.467 e. The summed E-state index contributed by atoms with van der Waals surface area (Å²) in [4.78, 5) is 22.6. The number of para-hydroxylation sites is 1. The Morgan fingerprint density at radius 1 is 1.14 bits per heavy atom. The first-order chi connectivity index (χ1) is 14.2. The number of hydrogen-bond donors (Lipinski definition) is 0. The van der Waals surface area contributed by atoms with Gasteiger partial charge in [0.1, 0.15) is 23.2 Å². The number of fused-ring (bicyclic) bond motifs is 2. The third kappa shape index (κ3) is 3.08. The maximum Gasteiger partial charge on any atom is 0.265 e. The van der Waals surface area contributed by atoms with E-state index in [2.05, 4.69) is 15.1 Å². The summed E-state index contributed by atoms with van der Waals surface area (Å²) in [6, 6.07) is 13.6. The van der Waals surface area contributed by atoms with Gasteiger partial charge in [-0.3, -0.25) is 4.79 Å². The number of hydrogen-bond acceptors (Lipinski definition) is 6. The molecule has 0 spiro atoms. The third-order valence-electron chi connectivity index (χ3n) is 4.88. The Labute approximate surface area is 164 Å². The van der Waals surface area contributed by atoms with Crippen molar-refractivity contribution >= 4 is 22.7 Å². The van der Waals surface area contributed by atoms with Crippen LogP contribution in [-0.4, -0.2) is 34.2 Å². The van der Waals surface area contributed by atoms with Crippen molar-refractivity contribution in [3.63, 3.8) is 0 Å². The van der Waals surface area contributed by atoms with Gasteiger partial charge in [0.25, 0.3) is 11.6 Å². The lowest BCUT2D eigenvalue weighted by Gasteiger charge is -2.17. The molecule has 29 heavy (non-hydrogen) atoms. The van der Waals surface area contributed by atoms with Crippen LogP contribution in [0.4, 0.5) is 10.1 Å². The molecular weight excluding hydrogens is 375 g/mol. The number of halogens is 1. The summed E-state index contributed by atoms with van der Waals surface area (Å²) in [6.45, 7) is 0.434. The van der Waals surface area contributed by atoms with E-state index in [0.29, 0.717) is 23.2 Å². The van der Waals surface area contributed by atoms with Crippen LogP contribution in [-0.2, 0) is 11.2 Å². The summed E-state index contributed by atoms with van der Waals surface area (Å²) in [5.41, 5.74) is 3.33. The second kappa shape index (κ2) is 6.97. The standard InChI is InChI=1S/C21H15FN4O3/c22-15-7-5-14(6-8-15)19-18-20(23-12-24-21(18)29-25-19)28-11-17(27)26-10-9-13-3-1-2-4-16(13)26/h1-8,12H,9-11H2. The first kappa shape index (κ1) is 17.3. The van der Waals surface area contributed by atoms with Crippen LogP contribution in [0.3, 0.4) is 0 Å². The molecule has 0 saturated heterocycles. The number of nitrogens with zero attached hydrogens (tertiary/aromatic N) is 4. The van der Waals surface area contributed by atoms with Crippen molar-refractivity contribution in [3.05, 3.63) is 66.2 Å². The van der Waals surface area contributed by atoms with E-state index < -0.39 is 0 Å². The molecule has 144 valence electrons. The van der Waals surface area contributed by atoms with Gasteiger partial charge in [-0.1, -0.05) is 23.4 Å². The Hall–Kier alpha value is -3.81. The average Bonchev–Trinajstić information content (AvgIpc) is 3.37. The summed E-state index contributed by atoms with van der Waals surface area (Å²) in [7, 11) is 0. The molecular formula is C21H15FN4O3. The van der Waals surface area contributed by atoms with Crippen LogP contribution in [0.5, 0.6) is 5.88 Å². The molecule has 0 atom stereocenters. The molecule has 0 saturated carbocycles. The molecule has 5 rings (SSSR count). The van der Waals surface area contributed by atoms with Gasteiger partial charge in [0, 0.05) is 17.8 Å². The summed E-state index contributed by atoms with van der Waals surface area (Å²) >= 11 is 0. The molecule has 0 unspecified atom stereocenters. The Morgan fingerprint density at radius 3 is 2.83 bits per heavy atom. The second-order valence-corrected chi connectivity index (χ2v) is 6.61. The molecule has 0 bridgehead atoms. The van der Waals surface area contributed by atoms with Crippen molar-refractivity contribution in [1.29, 1.82) is 0 Å². The molecule has 0 fully saturated rings. The molecule has 1 amide bonds. The van der Waals surface area contributed by atoms with E-state index in [4.69, 9.17) is 9.26 Å². The van der Waals surface area contributed by atoms with E-state index in [1.54, 1.807) is 17.0 Å². The fraction of sp³-hybridized carbons (Fsp3) is 0.143. The Bertz CT molecular complexity index is 1210. The molecule has 0 radical (unpaired) electrons. The van der Waals surface area contributed by atoms with Crippen LogP contribution >= 0.6 is 0 Å². The summed E-state index contributed by atoms with van der Waals surface area (Å²) in [5, 5.41) is 4.45. The van der Waals surface area contributed by atoms with Gasteiger partial charge in [0.15, 0.2) is 6.61 Å². The maximum atomic E-state index is 13.2. The van der Waals surface area contributed by atoms with Crippen molar-refractivity contribution in [3.8, 4) is 17.1 Å². The highest BCUT2D eigenvalue weighted by Gasteiger charge is 2.25. The van der Waals surface area contributed by atoms with Gasteiger partial charge in [0.05, 0.1) is 0 Å². The molecule has 8 heteroatoms. The first-order valence-electron chi connectivity index (χ1n) is 9.08. The van der Waals surface area contributed by atoms with Crippen molar-refractivity contribution in [2.75, 3.05) is 18.1 Å². The maximum absolute atomic E-state index is 13.2. The minimum Gasteiger partial charge on any atom is -0.467 e. The Balaban J connectivity index is 1.42. The smallest absolute Gasteiger partial charge is 0.265 e. The number of aromatic nitrogens is 3. The van der Waals surface area contributed by atoms with E-state index >= 15 is 0 Å². The first-order valence-corrected chi connectivity index (χ1v) is 9.08. The quantitative estimate of drug-likeness (QED) is 0.531. The highest BCUT2D eigenvalue weighted by molar-refractivity contribution is 5.97. The summed E-state index contributed by atoms with van der Waals surface area (Å²) in [6.07, 6.45) is 2.10.